The highest BCUT2D eigenvalue weighted by Gasteiger charge is 2.16. The molecule has 5 heteroatoms. The first-order valence-corrected chi connectivity index (χ1v) is 6.58. The molecule has 0 rings (SSSR count). The largest absolute Gasteiger partial charge is 0.366 e. The molecular weight excluding hydrogens is 280 g/mol. The number of hydrogen-bond donors (Lipinski definition) is 0. The predicted molar refractivity (Wildman–Crippen MR) is 78.6 cm³/mol. The molecule has 102 valence electrons. The van der Waals surface area contributed by atoms with E-state index >= 15 is 0 Å². The average Bonchev–Trinajstić information content (AvgIpc) is 2.29. The van der Waals surface area contributed by atoms with E-state index in [2.05, 4.69) is 23.7 Å². The summed E-state index contributed by atoms with van der Waals surface area (Å²) >= 11 is 11.4. The molecule has 17 heavy (non-hydrogen) atoms. The summed E-state index contributed by atoms with van der Waals surface area (Å²) in [6, 6.07) is 0. The molecule has 0 aliphatic heterocycles. The molecule has 0 aromatic heterocycles. The Labute approximate surface area is 121 Å². The SMILES string of the molecule is CCC(C)(C#CCN(CCCl)CCCl)OC.Cl. The van der Waals surface area contributed by atoms with Gasteiger partial charge in [-0.1, -0.05) is 18.8 Å². The molecule has 0 heterocycles. The van der Waals surface area contributed by atoms with Crippen molar-refractivity contribution in [3.63, 3.8) is 0 Å². The van der Waals surface area contributed by atoms with Gasteiger partial charge in [0, 0.05) is 32.0 Å². The van der Waals surface area contributed by atoms with Gasteiger partial charge in [-0.3, -0.25) is 4.90 Å². The van der Waals surface area contributed by atoms with Gasteiger partial charge in [0.25, 0.3) is 0 Å². The first kappa shape index (κ1) is 19.7. The minimum Gasteiger partial charge on any atom is -0.366 e. The molecule has 0 saturated carbocycles. The van der Waals surface area contributed by atoms with Crippen LogP contribution in [0.2, 0.25) is 0 Å². The van der Waals surface area contributed by atoms with E-state index in [4.69, 9.17) is 27.9 Å². The van der Waals surface area contributed by atoms with Gasteiger partial charge in [-0.05, 0) is 13.3 Å². The maximum atomic E-state index is 5.70. The van der Waals surface area contributed by atoms with Crippen molar-refractivity contribution in [3.05, 3.63) is 0 Å². The van der Waals surface area contributed by atoms with Crippen LogP contribution in [0.1, 0.15) is 20.3 Å². The number of hydrogen-bond acceptors (Lipinski definition) is 2. The van der Waals surface area contributed by atoms with Crippen LogP contribution in [0.25, 0.3) is 0 Å². The zero-order valence-corrected chi connectivity index (χ0v) is 13.1. The van der Waals surface area contributed by atoms with Crippen LogP contribution in [0.3, 0.4) is 0 Å². The molecule has 0 fully saturated rings. The highest BCUT2D eigenvalue weighted by Crippen LogP contribution is 2.11. The summed E-state index contributed by atoms with van der Waals surface area (Å²) in [6.45, 7) is 6.39. The van der Waals surface area contributed by atoms with Crippen molar-refractivity contribution in [3.8, 4) is 11.8 Å². The minimum atomic E-state index is -0.340. The molecule has 0 aliphatic carbocycles. The Bertz CT molecular complexity index is 228. The van der Waals surface area contributed by atoms with E-state index in [-0.39, 0.29) is 18.0 Å². The van der Waals surface area contributed by atoms with E-state index in [1.807, 2.05) is 6.92 Å². The highest BCUT2D eigenvalue weighted by atomic mass is 35.5. The fraction of sp³-hybridized carbons (Fsp3) is 0.833. The molecule has 0 radical (unpaired) electrons. The molecule has 0 N–H and O–H groups in total. The second-order valence-electron chi connectivity index (χ2n) is 3.74. The number of alkyl halides is 2. The Hall–Kier alpha value is 0.350. The van der Waals surface area contributed by atoms with Crippen LogP contribution < -0.4 is 0 Å². The number of methoxy groups -OCH3 is 1. The first-order valence-electron chi connectivity index (χ1n) is 5.51. The number of halogens is 3. The monoisotopic (exact) mass is 301 g/mol. The van der Waals surface area contributed by atoms with Gasteiger partial charge < -0.3 is 4.74 Å². The van der Waals surface area contributed by atoms with E-state index in [9.17, 15) is 0 Å². The van der Waals surface area contributed by atoms with Crippen molar-refractivity contribution < 1.29 is 4.74 Å². The Kier molecular flexibility index (Phi) is 13.2. The second-order valence-corrected chi connectivity index (χ2v) is 4.50. The van der Waals surface area contributed by atoms with Crippen molar-refractivity contribution in [2.45, 2.75) is 25.9 Å². The van der Waals surface area contributed by atoms with Crippen LogP contribution >= 0.6 is 35.6 Å². The van der Waals surface area contributed by atoms with Crippen LogP contribution in [0.5, 0.6) is 0 Å². The van der Waals surface area contributed by atoms with Gasteiger partial charge in [0.15, 0.2) is 0 Å². The summed E-state index contributed by atoms with van der Waals surface area (Å²) in [4.78, 5) is 2.14. The van der Waals surface area contributed by atoms with Crippen molar-refractivity contribution in [2.75, 3.05) is 38.5 Å². The third-order valence-corrected chi connectivity index (χ3v) is 2.92. The fourth-order valence-electron chi connectivity index (χ4n) is 1.13. The molecule has 1 atom stereocenters. The molecule has 2 nitrogen and oxygen atoms in total. The molecule has 0 aromatic carbocycles. The van der Waals surface area contributed by atoms with Crippen LogP contribution in [0.4, 0.5) is 0 Å². The lowest BCUT2D eigenvalue weighted by Gasteiger charge is -2.20. The highest BCUT2D eigenvalue weighted by molar-refractivity contribution is 6.18. The standard InChI is InChI=1S/C12H21Cl2NO.ClH/c1-4-12(2,16-3)6-5-9-15(10-7-13)11-8-14;/h4,7-11H2,1-3H3;1H. The Balaban J connectivity index is 0. The van der Waals surface area contributed by atoms with E-state index in [1.165, 1.54) is 0 Å². The van der Waals surface area contributed by atoms with Crippen LogP contribution in [-0.4, -0.2) is 49.0 Å². The molecule has 0 amide bonds. The minimum absolute atomic E-state index is 0. The van der Waals surface area contributed by atoms with Crippen LogP contribution in [0.15, 0.2) is 0 Å². The Morgan fingerprint density at radius 2 is 1.76 bits per heavy atom. The van der Waals surface area contributed by atoms with Gasteiger partial charge >= 0.3 is 0 Å². The molecule has 0 aromatic rings. The summed E-state index contributed by atoms with van der Waals surface area (Å²) in [7, 11) is 1.69. The lowest BCUT2D eigenvalue weighted by atomic mass is 10.0. The van der Waals surface area contributed by atoms with Gasteiger partial charge in [-0.2, -0.15) is 0 Å². The van der Waals surface area contributed by atoms with Gasteiger partial charge in [-0.15, -0.1) is 35.6 Å². The maximum absolute atomic E-state index is 5.70. The van der Waals surface area contributed by atoms with E-state index < -0.39 is 0 Å². The van der Waals surface area contributed by atoms with Gasteiger partial charge in [-0.25, -0.2) is 0 Å². The maximum Gasteiger partial charge on any atom is 0.125 e. The zero-order chi connectivity index (χ0) is 12.4. The number of rotatable bonds is 7. The van der Waals surface area contributed by atoms with Gasteiger partial charge in [0.05, 0.1) is 6.54 Å². The Morgan fingerprint density at radius 3 is 2.12 bits per heavy atom. The molecule has 0 bridgehead atoms. The number of nitrogens with zero attached hydrogens (tertiary/aromatic N) is 1. The first-order chi connectivity index (χ1) is 7.61. The van der Waals surface area contributed by atoms with Crippen molar-refractivity contribution in [2.24, 2.45) is 0 Å². The summed E-state index contributed by atoms with van der Waals surface area (Å²) in [6.07, 6.45) is 0.877. The van der Waals surface area contributed by atoms with Crippen LogP contribution in [-0.2, 0) is 4.74 Å². The van der Waals surface area contributed by atoms with Gasteiger partial charge in [0.1, 0.15) is 5.60 Å². The lowest BCUT2D eigenvalue weighted by molar-refractivity contribution is 0.0541. The summed E-state index contributed by atoms with van der Waals surface area (Å²) in [5.74, 6) is 7.48. The summed E-state index contributed by atoms with van der Waals surface area (Å²) in [5.41, 5.74) is -0.340. The van der Waals surface area contributed by atoms with E-state index in [0.29, 0.717) is 18.3 Å². The van der Waals surface area contributed by atoms with E-state index in [0.717, 1.165) is 19.5 Å². The summed E-state index contributed by atoms with van der Waals surface area (Å²) in [5, 5.41) is 0. The molecule has 1 unspecified atom stereocenters. The average molecular weight is 303 g/mol. The predicted octanol–water partition coefficient (Wildman–Crippen LogP) is 3.01. The van der Waals surface area contributed by atoms with Crippen molar-refractivity contribution in [1.29, 1.82) is 0 Å². The topological polar surface area (TPSA) is 12.5 Å². The smallest absolute Gasteiger partial charge is 0.125 e. The van der Waals surface area contributed by atoms with Gasteiger partial charge in [0.2, 0.25) is 0 Å². The molecular formula is C12H22Cl3NO. The van der Waals surface area contributed by atoms with Crippen LogP contribution in [0, 0.1) is 11.8 Å². The molecule has 0 aliphatic rings. The molecule has 0 saturated heterocycles. The van der Waals surface area contributed by atoms with E-state index in [1.54, 1.807) is 7.11 Å². The van der Waals surface area contributed by atoms with Crippen molar-refractivity contribution in [1.82, 2.24) is 4.90 Å². The fourth-order valence-corrected chi connectivity index (χ4v) is 1.61. The third kappa shape index (κ3) is 8.99. The quantitative estimate of drug-likeness (QED) is 0.529. The third-order valence-electron chi connectivity index (χ3n) is 2.58. The zero-order valence-electron chi connectivity index (χ0n) is 10.8. The van der Waals surface area contributed by atoms with Crippen molar-refractivity contribution >= 4 is 35.6 Å². The second kappa shape index (κ2) is 11.4. The number of ether oxygens (including phenoxy) is 1. The summed E-state index contributed by atoms with van der Waals surface area (Å²) < 4.78 is 5.34. The lowest BCUT2D eigenvalue weighted by Crippen LogP contribution is -2.29. The normalized spacial score (nSPS) is 13.5. The molecule has 0 spiro atoms. The Morgan fingerprint density at radius 1 is 1.24 bits per heavy atom.